The standard InChI is InChI=1S/C24H28O5/c1-3-18-7-11-22(12-8-18)28-15-21-13-19(9-10-20(21)14-25)24-6-4-5-23(29-24)16-27-17(2)26/h4-5,7-13,23-25H,3,6,14-16H2,1-2H3/t23-,24+/m1/s1. The fourth-order valence-electron chi connectivity index (χ4n) is 3.29. The second kappa shape index (κ2) is 10.2. The Bertz CT molecular complexity index is 841. The van der Waals surface area contributed by atoms with Crippen LogP contribution >= 0.6 is 0 Å². The Morgan fingerprint density at radius 1 is 1.17 bits per heavy atom. The molecule has 1 aliphatic rings. The number of esters is 1. The van der Waals surface area contributed by atoms with Gasteiger partial charge in [0.05, 0.1) is 12.7 Å². The number of rotatable bonds is 8. The maximum absolute atomic E-state index is 11.0. The Morgan fingerprint density at radius 2 is 1.97 bits per heavy atom. The van der Waals surface area contributed by atoms with E-state index in [-0.39, 0.29) is 31.4 Å². The summed E-state index contributed by atoms with van der Waals surface area (Å²) < 4.78 is 17.1. The third kappa shape index (κ3) is 5.92. The number of aliphatic hydroxyl groups excluding tert-OH is 1. The molecule has 3 rings (SSSR count). The zero-order chi connectivity index (χ0) is 20.6. The van der Waals surface area contributed by atoms with Crippen LogP contribution in [0, 0.1) is 0 Å². The molecule has 1 N–H and O–H groups in total. The van der Waals surface area contributed by atoms with Crippen molar-refractivity contribution in [2.45, 2.75) is 52.1 Å². The molecule has 29 heavy (non-hydrogen) atoms. The maximum atomic E-state index is 11.0. The van der Waals surface area contributed by atoms with Crippen LogP contribution in [0.25, 0.3) is 0 Å². The molecule has 0 bridgehead atoms. The summed E-state index contributed by atoms with van der Waals surface area (Å²) >= 11 is 0. The zero-order valence-corrected chi connectivity index (χ0v) is 17.0. The van der Waals surface area contributed by atoms with Crippen molar-refractivity contribution in [1.29, 1.82) is 0 Å². The first-order valence-corrected chi connectivity index (χ1v) is 9.98. The number of carbonyl (C=O) groups is 1. The van der Waals surface area contributed by atoms with Gasteiger partial charge in [-0.25, -0.2) is 0 Å². The molecule has 0 aliphatic carbocycles. The van der Waals surface area contributed by atoms with E-state index in [0.29, 0.717) is 6.61 Å². The third-order valence-electron chi connectivity index (χ3n) is 4.99. The van der Waals surface area contributed by atoms with Crippen LogP contribution in [0.1, 0.15) is 48.6 Å². The number of aliphatic hydroxyl groups is 1. The largest absolute Gasteiger partial charge is 0.489 e. The first kappa shape index (κ1) is 21.1. The van der Waals surface area contributed by atoms with Crippen LogP contribution in [0.15, 0.2) is 54.6 Å². The van der Waals surface area contributed by atoms with Crippen molar-refractivity contribution in [3.8, 4) is 5.75 Å². The quantitative estimate of drug-likeness (QED) is 0.533. The second-order valence-electron chi connectivity index (χ2n) is 7.10. The summed E-state index contributed by atoms with van der Waals surface area (Å²) in [5.74, 6) is 0.484. The highest BCUT2D eigenvalue weighted by atomic mass is 16.6. The fourth-order valence-corrected chi connectivity index (χ4v) is 3.29. The van der Waals surface area contributed by atoms with Gasteiger partial charge >= 0.3 is 5.97 Å². The van der Waals surface area contributed by atoms with E-state index in [9.17, 15) is 9.90 Å². The van der Waals surface area contributed by atoms with Gasteiger partial charge in [0.1, 0.15) is 25.1 Å². The SMILES string of the molecule is CCc1ccc(OCc2cc([C@@H]3CC=C[C@H](COC(C)=O)O3)ccc2CO)cc1. The van der Waals surface area contributed by atoms with Crippen molar-refractivity contribution in [3.05, 3.63) is 76.9 Å². The smallest absolute Gasteiger partial charge is 0.302 e. The molecule has 2 atom stereocenters. The molecule has 0 spiro atoms. The first-order chi connectivity index (χ1) is 14.1. The molecule has 5 nitrogen and oxygen atoms in total. The van der Waals surface area contributed by atoms with E-state index in [2.05, 4.69) is 19.1 Å². The van der Waals surface area contributed by atoms with E-state index >= 15 is 0 Å². The Kier molecular flexibility index (Phi) is 7.44. The molecule has 2 aromatic carbocycles. The normalized spacial score (nSPS) is 18.4. The molecular weight excluding hydrogens is 368 g/mol. The number of hydrogen-bond acceptors (Lipinski definition) is 5. The van der Waals surface area contributed by atoms with Gasteiger partial charge in [-0.05, 0) is 53.3 Å². The van der Waals surface area contributed by atoms with Crippen LogP contribution in [0.4, 0.5) is 0 Å². The Labute approximate surface area is 171 Å². The number of ether oxygens (including phenoxy) is 3. The molecule has 154 valence electrons. The van der Waals surface area contributed by atoms with E-state index in [1.807, 2.05) is 42.5 Å². The topological polar surface area (TPSA) is 65.0 Å². The van der Waals surface area contributed by atoms with Crippen LogP contribution in [-0.2, 0) is 33.9 Å². The Hall–Kier alpha value is -2.63. The molecule has 0 radical (unpaired) electrons. The molecule has 0 amide bonds. The molecule has 0 saturated heterocycles. The van der Waals surface area contributed by atoms with Gasteiger partial charge in [-0.2, -0.15) is 0 Å². The molecule has 1 heterocycles. The summed E-state index contributed by atoms with van der Waals surface area (Å²) in [6, 6.07) is 14.0. The minimum absolute atomic E-state index is 0.0474. The third-order valence-corrected chi connectivity index (χ3v) is 4.99. The van der Waals surface area contributed by atoms with Gasteiger partial charge in [0.15, 0.2) is 0 Å². The predicted molar refractivity (Wildman–Crippen MR) is 111 cm³/mol. The van der Waals surface area contributed by atoms with E-state index < -0.39 is 0 Å². The Morgan fingerprint density at radius 3 is 2.66 bits per heavy atom. The second-order valence-corrected chi connectivity index (χ2v) is 7.10. The summed E-state index contributed by atoms with van der Waals surface area (Å²) in [7, 11) is 0. The number of aryl methyl sites for hydroxylation is 1. The summed E-state index contributed by atoms with van der Waals surface area (Å²) in [6.45, 7) is 4.04. The average Bonchev–Trinajstić information content (AvgIpc) is 2.76. The molecule has 5 heteroatoms. The van der Waals surface area contributed by atoms with Gasteiger partial charge in [0, 0.05) is 6.92 Å². The summed E-state index contributed by atoms with van der Waals surface area (Å²) in [6.07, 6.45) is 5.32. The lowest BCUT2D eigenvalue weighted by Gasteiger charge is -2.26. The van der Waals surface area contributed by atoms with Crippen LogP contribution in [0.2, 0.25) is 0 Å². The van der Waals surface area contributed by atoms with Crippen LogP contribution in [-0.4, -0.2) is 23.8 Å². The fraction of sp³-hybridized carbons (Fsp3) is 0.375. The highest BCUT2D eigenvalue weighted by Gasteiger charge is 2.21. The van der Waals surface area contributed by atoms with E-state index in [4.69, 9.17) is 14.2 Å². The summed E-state index contributed by atoms with van der Waals surface area (Å²) in [5.41, 5.74) is 4.04. The maximum Gasteiger partial charge on any atom is 0.302 e. The van der Waals surface area contributed by atoms with Gasteiger partial charge in [-0.1, -0.05) is 43.3 Å². The van der Waals surface area contributed by atoms with Crippen molar-refractivity contribution >= 4 is 5.97 Å². The van der Waals surface area contributed by atoms with Crippen molar-refractivity contribution in [2.75, 3.05) is 6.61 Å². The van der Waals surface area contributed by atoms with E-state index in [0.717, 1.165) is 35.3 Å². The van der Waals surface area contributed by atoms with Gasteiger partial charge in [0.2, 0.25) is 0 Å². The number of carbonyl (C=O) groups excluding carboxylic acids is 1. The van der Waals surface area contributed by atoms with Gasteiger partial charge in [0.25, 0.3) is 0 Å². The van der Waals surface area contributed by atoms with Crippen LogP contribution in [0.5, 0.6) is 5.75 Å². The van der Waals surface area contributed by atoms with Gasteiger partial charge in [-0.15, -0.1) is 0 Å². The Balaban J connectivity index is 1.69. The lowest BCUT2D eigenvalue weighted by molar-refractivity contribution is -0.145. The zero-order valence-electron chi connectivity index (χ0n) is 17.0. The van der Waals surface area contributed by atoms with Crippen molar-refractivity contribution in [3.63, 3.8) is 0 Å². The lowest BCUT2D eigenvalue weighted by Crippen LogP contribution is -2.24. The monoisotopic (exact) mass is 396 g/mol. The molecule has 0 fully saturated rings. The minimum atomic E-state index is -0.317. The van der Waals surface area contributed by atoms with Crippen molar-refractivity contribution in [1.82, 2.24) is 0 Å². The van der Waals surface area contributed by atoms with Gasteiger partial charge in [-0.3, -0.25) is 4.79 Å². The highest BCUT2D eigenvalue weighted by molar-refractivity contribution is 5.65. The molecule has 1 aliphatic heterocycles. The number of benzene rings is 2. The highest BCUT2D eigenvalue weighted by Crippen LogP contribution is 2.29. The molecule has 0 saturated carbocycles. The summed E-state index contributed by atoms with van der Waals surface area (Å²) in [5, 5.41) is 9.70. The average molecular weight is 396 g/mol. The summed E-state index contributed by atoms with van der Waals surface area (Å²) in [4.78, 5) is 11.0. The van der Waals surface area contributed by atoms with Gasteiger partial charge < -0.3 is 19.3 Å². The number of hydrogen-bond donors (Lipinski definition) is 1. The van der Waals surface area contributed by atoms with Crippen molar-refractivity contribution in [2.24, 2.45) is 0 Å². The lowest BCUT2D eigenvalue weighted by atomic mass is 9.98. The first-order valence-electron chi connectivity index (χ1n) is 9.98. The molecule has 0 unspecified atom stereocenters. The van der Waals surface area contributed by atoms with Crippen molar-refractivity contribution < 1.29 is 24.1 Å². The molecular formula is C24H28O5. The van der Waals surface area contributed by atoms with Crippen LogP contribution in [0.3, 0.4) is 0 Å². The molecule has 0 aromatic heterocycles. The predicted octanol–water partition coefficient (Wildman–Crippen LogP) is 4.27. The van der Waals surface area contributed by atoms with Crippen LogP contribution < -0.4 is 4.74 Å². The van der Waals surface area contributed by atoms with E-state index in [1.54, 1.807) is 0 Å². The van der Waals surface area contributed by atoms with E-state index in [1.165, 1.54) is 12.5 Å². The minimum Gasteiger partial charge on any atom is -0.489 e. The molecule has 2 aromatic rings.